The number of amides is 1. The van der Waals surface area contributed by atoms with Gasteiger partial charge in [0.2, 0.25) is 0 Å². The molecule has 40 heavy (non-hydrogen) atoms. The van der Waals surface area contributed by atoms with Crippen LogP contribution < -0.4 is 10.1 Å². The number of hydrogen-bond donors (Lipinski definition) is 2. The molecule has 5 aromatic rings. The third kappa shape index (κ3) is 5.64. The second-order valence-electron chi connectivity index (χ2n) is 10.4. The lowest BCUT2D eigenvalue weighted by molar-refractivity contribution is 0.0794. The van der Waals surface area contributed by atoms with Crippen molar-refractivity contribution >= 4 is 22.5 Å². The van der Waals surface area contributed by atoms with Gasteiger partial charge in [0.1, 0.15) is 11.5 Å². The number of piperidine rings is 1. The van der Waals surface area contributed by atoms with E-state index in [9.17, 15) is 9.90 Å². The van der Waals surface area contributed by atoms with Crippen LogP contribution >= 0.6 is 0 Å². The van der Waals surface area contributed by atoms with Crippen molar-refractivity contribution in [3.05, 3.63) is 120 Å². The van der Waals surface area contributed by atoms with Crippen molar-refractivity contribution in [2.75, 3.05) is 18.4 Å². The van der Waals surface area contributed by atoms with E-state index in [0.717, 1.165) is 60.7 Å². The van der Waals surface area contributed by atoms with E-state index < -0.39 is 0 Å². The lowest BCUT2D eigenvalue weighted by Gasteiger charge is -2.29. The molecule has 1 saturated heterocycles. The average Bonchev–Trinajstić information content (AvgIpc) is 3.34. The van der Waals surface area contributed by atoms with Crippen LogP contribution in [0.15, 0.2) is 97.2 Å². The van der Waals surface area contributed by atoms with E-state index in [1.807, 2.05) is 73.7 Å². The SMILES string of the molecule is Cc1cc(NC(=O)c2ccc(-n3cc(CN4CCC(O)CC4)c4ccccc43)cc2)ccc1Oc1cc[c]cc1. The fourth-order valence-electron chi connectivity index (χ4n) is 5.29. The molecule has 4 aromatic carbocycles. The van der Waals surface area contributed by atoms with Gasteiger partial charge in [-0.3, -0.25) is 9.69 Å². The summed E-state index contributed by atoms with van der Waals surface area (Å²) < 4.78 is 8.13. The van der Waals surface area contributed by atoms with Crippen molar-refractivity contribution in [2.24, 2.45) is 0 Å². The van der Waals surface area contributed by atoms with Gasteiger partial charge in [0.05, 0.1) is 11.6 Å². The van der Waals surface area contributed by atoms with E-state index in [0.29, 0.717) is 11.3 Å². The minimum absolute atomic E-state index is 0.163. The van der Waals surface area contributed by atoms with E-state index in [-0.39, 0.29) is 12.0 Å². The molecule has 1 aliphatic rings. The Hall–Kier alpha value is -4.39. The summed E-state index contributed by atoms with van der Waals surface area (Å²) in [6.45, 7) is 4.63. The molecule has 6 heteroatoms. The van der Waals surface area contributed by atoms with Crippen LogP contribution in [0.3, 0.4) is 0 Å². The number of nitrogens with one attached hydrogen (secondary N) is 1. The maximum atomic E-state index is 13.0. The molecule has 0 aliphatic carbocycles. The van der Waals surface area contributed by atoms with Gasteiger partial charge < -0.3 is 19.7 Å². The largest absolute Gasteiger partial charge is 0.457 e. The highest BCUT2D eigenvalue weighted by Gasteiger charge is 2.19. The maximum absolute atomic E-state index is 13.0. The number of benzene rings is 4. The van der Waals surface area contributed by atoms with Crippen molar-refractivity contribution in [3.63, 3.8) is 0 Å². The number of hydrogen-bond acceptors (Lipinski definition) is 4. The highest BCUT2D eigenvalue weighted by molar-refractivity contribution is 6.04. The molecule has 1 fully saturated rings. The molecule has 0 spiro atoms. The predicted molar refractivity (Wildman–Crippen MR) is 158 cm³/mol. The van der Waals surface area contributed by atoms with Crippen molar-refractivity contribution in [2.45, 2.75) is 32.4 Å². The van der Waals surface area contributed by atoms with Crippen molar-refractivity contribution < 1.29 is 14.6 Å². The van der Waals surface area contributed by atoms with Gasteiger partial charge in [-0.15, -0.1) is 0 Å². The van der Waals surface area contributed by atoms with Crippen LogP contribution in [-0.2, 0) is 6.54 Å². The van der Waals surface area contributed by atoms with Crippen molar-refractivity contribution in [1.29, 1.82) is 0 Å². The van der Waals surface area contributed by atoms with Gasteiger partial charge in [-0.05, 0) is 97.6 Å². The molecule has 2 heterocycles. The van der Waals surface area contributed by atoms with Crippen LogP contribution in [0.2, 0.25) is 0 Å². The first kappa shape index (κ1) is 25.9. The number of aromatic nitrogens is 1. The van der Waals surface area contributed by atoms with Gasteiger partial charge in [-0.2, -0.15) is 0 Å². The summed E-state index contributed by atoms with van der Waals surface area (Å²) in [5.41, 5.74) is 5.64. The summed E-state index contributed by atoms with van der Waals surface area (Å²) >= 11 is 0. The van der Waals surface area contributed by atoms with Crippen LogP contribution in [-0.4, -0.2) is 39.7 Å². The first-order valence-corrected chi connectivity index (χ1v) is 13.7. The van der Waals surface area contributed by atoms with Gasteiger partial charge in [-0.1, -0.05) is 30.3 Å². The number of rotatable bonds is 7. The number of aliphatic hydroxyl groups excluding tert-OH is 1. The number of carbonyl (C=O) groups is 1. The van der Waals surface area contributed by atoms with Gasteiger partial charge in [-0.25, -0.2) is 0 Å². The zero-order valence-corrected chi connectivity index (χ0v) is 22.5. The molecule has 0 unspecified atom stereocenters. The first-order valence-electron chi connectivity index (χ1n) is 13.7. The van der Waals surface area contributed by atoms with E-state index >= 15 is 0 Å². The zero-order valence-electron chi connectivity index (χ0n) is 22.5. The molecule has 0 bridgehead atoms. The molecule has 1 amide bonds. The van der Waals surface area contributed by atoms with E-state index in [1.165, 1.54) is 10.9 Å². The second kappa shape index (κ2) is 11.4. The molecular weight excluding hydrogens is 498 g/mol. The number of aliphatic hydroxyl groups is 1. The summed E-state index contributed by atoms with van der Waals surface area (Å²) in [5, 5.41) is 14.1. The highest BCUT2D eigenvalue weighted by Crippen LogP contribution is 2.29. The molecule has 1 aromatic heterocycles. The average molecular weight is 531 g/mol. The third-order valence-electron chi connectivity index (χ3n) is 7.50. The molecule has 1 aliphatic heterocycles. The van der Waals surface area contributed by atoms with Crippen LogP contribution in [0.5, 0.6) is 11.5 Å². The van der Waals surface area contributed by atoms with Crippen molar-refractivity contribution in [3.8, 4) is 17.2 Å². The Morgan fingerprint density at radius 3 is 2.50 bits per heavy atom. The molecule has 201 valence electrons. The van der Waals surface area contributed by atoms with Gasteiger partial charge in [0.15, 0.2) is 0 Å². The molecule has 1 radical (unpaired) electrons. The number of para-hydroxylation sites is 1. The molecule has 2 N–H and O–H groups in total. The molecule has 6 nitrogen and oxygen atoms in total. The van der Waals surface area contributed by atoms with Crippen LogP contribution in [0.4, 0.5) is 5.69 Å². The number of likely N-dealkylation sites (tertiary alicyclic amines) is 1. The molecule has 6 rings (SSSR count). The Balaban J connectivity index is 1.16. The minimum atomic E-state index is -0.177. The van der Waals surface area contributed by atoms with Crippen LogP contribution in [0.25, 0.3) is 16.6 Å². The summed E-state index contributed by atoms with van der Waals surface area (Å²) in [6.07, 6.45) is 3.67. The molecule has 0 atom stereocenters. The zero-order chi connectivity index (χ0) is 27.5. The smallest absolute Gasteiger partial charge is 0.255 e. The Labute approximate surface area is 234 Å². The first-order chi connectivity index (χ1) is 19.5. The summed E-state index contributed by atoms with van der Waals surface area (Å²) in [6, 6.07) is 32.1. The Bertz CT molecular complexity index is 1620. The predicted octanol–water partition coefficient (Wildman–Crippen LogP) is 6.74. The Kier molecular flexibility index (Phi) is 7.36. The Morgan fingerprint density at radius 1 is 1.00 bits per heavy atom. The van der Waals surface area contributed by atoms with Crippen molar-refractivity contribution in [1.82, 2.24) is 9.47 Å². The van der Waals surface area contributed by atoms with E-state index in [4.69, 9.17) is 4.74 Å². The summed E-state index contributed by atoms with van der Waals surface area (Å²) in [4.78, 5) is 15.4. The van der Waals surface area contributed by atoms with E-state index in [1.54, 1.807) is 0 Å². The normalized spacial score (nSPS) is 14.3. The highest BCUT2D eigenvalue weighted by atomic mass is 16.5. The van der Waals surface area contributed by atoms with Gasteiger partial charge in [0.25, 0.3) is 5.91 Å². The lowest BCUT2D eigenvalue weighted by Crippen LogP contribution is -2.35. The maximum Gasteiger partial charge on any atom is 0.255 e. The monoisotopic (exact) mass is 530 g/mol. The fraction of sp³-hybridized carbons (Fsp3) is 0.206. The van der Waals surface area contributed by atoms with E-state index in [2.05, 4.69) is 51.3 Å². The Morgan fingerprint density at radius 2 is 1.75 bits per heavy atom. The summed E-state index contributed by atoms with van der Waals surface area (Å²) in [5.74, 6) is 1.32. The molecular formula is C34H32N3O3. The summed E-state index contributed by atoms with van der Waals surface area (Å²) in [7, 11) is 0. The standard InChI is InChI=1S/C34H32N3O3/c1-24-21-27(13-16-33(24)40-30-7-3-2-4-8-30)35-34(39)25-11-14-28(15-12-25)37-23-26(31-9-5-6-10-32(31)37)22-36-19-17-29(38)18-20-36/h3-16,21,23,29,38H,17-20,22H2,1H3,(H,35,39). The lowest BCUT2D eigenvalue weighted by atomic mass is 10.1. The topological polar surface area (TPSA) is 66.7 Å². The number of anilines is 1. The number of aryl methyl sites for hydroxylation is 1. The van der Waals surface area contributed by atoms with Crippen LogP contribution in [0, 0.1) is 13.0 Å². The number of carbonyl (C=O) groups excluding carboxylic acids is 1. The third-order valence-corrected chi connectivity index (χ3v) is 7.50. The number of fused-ring (bicyclic) bond motifs is 1. The quantitative estimate of drug-likeness (QED) is 0.245. The van der Waals surface area contributed by atoms with Gasteiger partial charge >= 0.3 is 0 Å². The number of ether oxygens (including phenoxy) is 1. The second-order valence-corrected chi connectivity index (χ2v) is 10.4. The fourth-order valence-corrected chi connectivity index (χ4v) is 5.29. The number of nitrogens with zero attached hydrogens (tertiary/aromatic N) is 2. The van der Waals surface area contributed by atoms with Crippen LogP contribution in [0.1, 0.15) is 34.3 Å². The minimum Gasteiger partial charge on any atom is -0.457 e. The van der Waals surface area contributed by atoms with Gasteiger partial charge in [0, 0.05) is 48.2 Å². The molecule has 0 saturated carbocycles.